The van der Waals surface area contributed by atoms with Gasteiger partial charge in [0.2, 0.25) is 10.0 Å². The molecule has 2 N–H and O–H groups in total. The zero-order valence-electron chi connectivity index (χ0n) is 21.4. The number of carbonyl (C=O) groups is 2. The van der Waals surface area contributed by atoms with Crippen LogP contribution in [0.5, 0.6) is 0 Å². The Morgan fingerprint density at radius 2 is 1.65 bits per heavy atom. The molecule has 0 radical (unpaired) electrons. The summed E-state index contributed by atoms with van der Waals surface area (Å²) in [4.78, 5) is 25.2. The van der Waals surface area contributed by atoms with Gasteiger partial charge in [-0.15, -0.1) is 10.2 Å². The van der Waals surface area contributed by atoms with E-state index in [1.165, 1.54) is 34.3 Å². The Hall–Kier alpha value is -3.71. The minimum atomic E-state index is -3.97. The van der Waals surface area contributed by atoms with Gasteiger partial charge < -0.3 is 4.57 Å². The normalized spacial score (nSPS) is 13.4. The zero-order chi connectivity index (χ0) is 28.3. The van der Waals surface area contributed by atoms with E-state index < -0.39 is 21.8 Å². The number of aromatic nitrogens is 3. The number of thioether (sulfide) groups is 1. The molecule has 0 unspecified atom stereocenters. The van der Waals surface area contributed by atoms with E-state index in [0.717, 1.165) is 21.8 Å². The van der Waals surface area contributed by atoms with E-state index in [0.29, 0.717) is 24.3 Å². The molecule has 13 heteroatoms. The topological polar surface area (TPSA) is 126 Å². The summed E-state index contributed by atoms with van der Waals surface area (Å²) in [7, 11) is -2.11. The summed E-state index contributed by atoms with van der Waals surface area (Å²) >= 11 is 7.79. The number of fused-ring (bicyclic) bond motifs is 1. The fraction of sp³-hybridized carbons (Fsp3) is 0.185. The van der Waals surface area contributed by atoms with E-state index in [1.807, 2.05) is 48.0 Å². The van der Waals surface area contributed by atoms with E-state index in [-0.39, 0.29) is 22.0 Å². The maximum absolute atomic E-state index is 13.4. The van der Waals surface area contributed by atoms with Gasteiger partial charge in [-0.25, -0.2) is 8.42 Å². The number of rotatable bonds is 7. The van der Waals surface area contributed by atoms with Gasteiger partial charge in [0, 0.05) is 37.0 Å². The van der Waals surface area contributed by atoms with Crippen LogP contribution in [0.3, 0.4) is 0 Å². The van der Waals surface area contributed by atoms with E-state index >= 15 is 0 Å². The summed E-state index contributed by atoms with van der Waals surface area (Å²) in [6, 6.07) is 18.6. The van der Waals surface area contributed by atoms with Crippen molar-refractivity contribution in [2.24, 2.45) is 7.05 Å². The summed E-state index contributed by atoms with van der Waals surface area (Å²) in [5, 5.41) is 8.66. The Labute approximate surface area is 240 Å². The number of hydrogen-bond donors (Lipinski definition) is 2. The van der Waals surface area contributed by atoms with Gasteiger partial charge in [-0.05, 0) is 53.4 Å². The molecular formula is C27H25ClN6O4S2. The average Bonchev–Trinajstić information content (AvgIpc) is 3.39. The minimum absolute atomic E-state index is 0.0110. The SMILES string of the molecule is Cn1cnnc1SCc1ccc(C(=O)NNC(=O)c2ccc(Cl)c(S(=O)(=O)N3CCc4ccccc4C3)c2)cc1. The standard InChI is InChI=1S/C27H25ClN6O4S2/c1-33-17-29-32-27(33)39-16-18-6-8-20(9-7-18)25(35)30-31-26(36)21-10-11-23(28)24(14-21)40(37,38)34-13-12-19-4-2-3-5-22(19)15-34/h2-11,14,17H,12-13,15-16H2,1H3,(H,30,35)(H,31,36). The van der Waals surface area contributed by atoms with Crippen molar-refractivity contribution >= 4 is 45.2 Å². The molecule has 1 aliphatic rings. The molecule has 0 bridgehead atoms. The first-order valence-electron chi connectivity index (χ1n) is 12.3. The first kappa shape index (κ1) is 27.8. The molecule has 0 saturated heterocycles. The second-order valence-electron chi connectivity index (χ2n) is 9.12. The van der Waals surface area contributed by atoms with Crippen molar-refractivity contribution in [1.29, 1.82) is 0 Å². The van der Waals surface area contributed by atoms with Crippen molar-refractivity contribution < 1.29 is 18.0 Å². The molecule has 1 aromatic heterocycles. The minimum Gasteiger partial charge on any atom is -0.312 e. The van der Waals surface area contributed by atoms with Crippen molar-refractivity contribution in [3.8, 4) is 0 Å². The number of benzene rings is 3. The monoisotopic (exact) mass is 596 g/mol. The maximum atomic E-state index is 13.4. The highest BCUT2D eigenvalue weighted by Crippen LogP contribution is 2.30. The molecule has 0 fully saturated rings. The van der Waals surface area contributed by atoms with Gasteiger partial charge in [0.1, 0.15) is 11.2 Å². The Kier molecular flexibility index (Phi) is 8.22. The molecule has 0 atom stereocenters. The van der Waals surface area contributed by atoms with Gasteiger partial charge in [-0.2, -0.15) is 4.31 Å². The summed E-state index contributed by atoms with van der Waals surface area (Å²) in [5.41, 5.74) is 8.12. The summed E-state index contributed by atoms with van der Waals surface area (Å²) in [5.74, 6) is -0.548. The fourth-order valence-corrected chi connectivity index (χ4v) is 6.98. The lowest BCUT2D eigenvalue weighted by Crippen LogP contribution is -2.41. The molecule has 4 aromatic rings. The first-order chi connectivity index (χ1) is 19.2. The van der Waals surface area contributed by atoms with Gasteiger partial charge in [0.15, 0.2) is 5.16 Å². The van der Waals surface area contributed by atoms with Crippen LogP contribution in [0.25, 0.3) is 0 Å². The van der Waals surface area contributed by atoms with Crippen LogP contribution >= 0.6 is 23.4 Å². The molecule has 40 heavy (non-hydrogen) atoms. The number of halogens is 1. The van der Waals surface area contributed by atoms with Crippen molar-refractivity contribution in [1.82, 2.24) is 29.9 Å². The Morgan fingerprint density at radius 3 is 2.35 bits per heavy atom. The molecule has 0 spiro atoms. The van der Waals surface area contributed by atoms with Crippen LogP contribution in [0, 0.1) is 0 Å². The lowest BCUT2D eigenvalue weighted by atomic mass is 10.0. The van der Waals surface area contributed by atoms with Crippen molar-refractivity contribution in [3.63, 3.8) is 0 Å². The van der Waals surface area contributed by atoms with Crippen molar-refractivity contribution in [3.05, 3.63) is 106 Å². The summed E-state index contributed by atoms with van der Waals surface area (Å²) in [6.07, 6.45) is 2.21. The second-order valence-corrected chi connectivity index (χ2v) is 12.4. The van der Waals surface area contributed by atoms with E-state index in [9.17, 15) is 18.0 Å². The van der Waals surface area contributed by atoms with Gasteiger partial charge in [0.05, 0.1) is 5.02 Å². The molecule has 5 rings (SSSR count). The number of hydrogen-bond acceptors (Lipinski definition) is 7. The molecular weight excluding hydrogens is 572 g/mol. The molecule has 1 aliphatic heterocycles. The molecule has 2 heterocycles. The van der Waals surface area contributed by atoms with Crippen LogP contribution < -0.4 is 10.9 Å². The van der Waals surface area contributed by atoms with Gasteiger partial charge in [-0.3, -0.25) is 20.4 Å². The average molecular weight is 597 g/mol. The molecule has 10 nitrogen and oxygen atoms in total. The van der Waals surface area contributed by atoms with Crippen molar-refractivity contribution in [2.45, 2.75) is 28.8 Å². The molecule has 0 aliphatic carbocycles. The highest BCUT2D eigenvalue weighted by molar-refractivity contribution is 7.98. The Balaban J connectivity index is 1.21. The summed E-state index contributed by atoms with van der Waals surface area (Å²) in [6.45, 7) is 0.527. The third kappa shape index (κ3) is 6.04. The number of carbonyl (C=O) groups excluding carboxylic acids is 2. The second kappa shape index (κ2) is 11.8. The highest BCUT2D eigenvalue weighted by atomic mass is 35.5. The summed E-state index contributed by atoms with van der Waals surface area (Å²) < 4.78 is 30.0. The quantitative estimate of drug-likeness (QED) is 0.247. The van der Waals surface area contributed by atoms with E-state index in [2.05, 4.69) is 21.0 Å². The van der Waals surface area contributed by atoms with Crippen LogP contribution in [0.15, 0.2) is 83.1 Å². The molecule has 206 valence electrons. The molecule has 2 amide bonds. The van der Waals surface area contributed by atoms with Gasteiger partial charge in [-0.1, -0.05) is 59.8 Å². The van der Waals surface area contributed by atoms with Gasteiger partial charge >= 0.3 is 0 Å². The Morgan fingerprint density at radius 1 is 0.975 bits per heavy atom. The lowest BCUT2D eigenvalue weighted by molar-refractivity contribution is 0.0846. The maximum Gasteiger partial charge on any atom is 0.269 e. The van der Waals surface area contributed by atoms with Crippen molar-refractivity contribution in [2.75, 3.05) is 6.54 Å². The van der Waals surface area contributed by atoms with Gasteiger partial charge in [0.25, 0.3) is 11.8 Å². The molecule has 0 saturated carbocycles. The van der Waals surface area contributed by atoms with E-state index in [4.69, 9.17) is 11.6 Å². The highest BCUT2D eigenvalue weighted by Gasteiger charge is 2.30. The van der Waals surface area contributed by atoms with Crippen LogP contribution in [0.4, 0.5) is 0 Å². The third-order valence-corrected chi connectivity index (χ3v) is 9.88. The third-order valence-electron chi connectivity index (χ3n) is 6.45. The fourth-order valence-electron chi connectivity index (χ4n) is 4.22. The van der Waals surface area contributed by atoms with Crippen LogP contribution in [0.1, 0.15) is 37.4 Å². The van der Waals surface area contributed by atoms with E-state index in [1.54, 1.807) is 18.5 Å². The van der Waals surface area contributed by atoms with Crippen LogP contribution in [0.2, 0.25) is 5.02 Å². The van der Waals surface area contributed by atoms with Crippen LogP contribution in [-0.4, -0.2) is 45.8 Å². The number of hydrazine groups is 1. The number of sulfonamides is 1. The largest absolute Gasteiger partial charge is 0.312 e. The predicted molar refractivity (Wildman–Crippen MR) is 151 cm³/mol. The number of aryl methyl sites for hydroxylation is 1. The smallest absolute Gasteiger partial charge is 0.269 e. The molecule has 3 aromatic carbocycles. The number of amides is 2. The first-order valence-corrected chi connectivity index (χ1v) is 15.1. The van der Waals surface area contributed by atoms with Crippen LogP contribution in [-0.2, 0) is 35.8 Å². The lowest BCUT2D eigenvalue weighted by Gasteiger charge is -2.28. The number of nitrogens with zero attached hydrogens (tertiary/aromatic N) is 4. The number of nitrogens with one attached hydrogen (secondary N) is 2. The predicted octanol–water partition coefficient (Wildman–Crippen LogP) is 3.58. The Bertz CT molecular complexity index is 1670. The zero-order valence-corrected chi connectivity index (χ0v) is 23.8.